The fraction of sp³-hybridized carbons (Fsp3) is 0.750. The molecule has 1 N–H and O–H groups in total. The number of aromatic nitrogens is 3. The fourth-order valence-electron chi connectivity index (χ4n) is 2.43. The van der Waals surface area contributed by atoms with Crippen molar-refractivity contribution in [3.63, 3.8) is 0 Å². The van der Waals surface area contributed by atoms with Crippen LogP contribution in [0.4, 0.5) is 0 Å². The molecule has 1 saturated carbocycles. The van der Waals surface area contributed by atoms with Crippen LogP contribution in [0.1, 0.15) is 31.5 Å². The van der Waals surface area contributed by atoms with E-state index < -0.39 is 0 Å². The smallest absolute Gasteiger partial charge is 0.133 e. The Morgan fingerprint density at radius 2 is 2.35 bits per heavy atom. The summed E-state index contributed by atoms with van der Waals surface area (Å²) in [6.07, 6.45) is 7.17. The zero-order valence-corrected chi connectivity index (χ0v) is 10.3. The molecule has 0 saturated heterocycles. The summed E-state index contributed by atoms with van der Waals surface area (Å²) in [7, 11) is 1.95. The molecule has 1 aliphatic rings. The van der Waals surface area contributed by atoms with Crippen molar-refractivity contribution in [3.8, 4) is 6.07 Å². The highest BCUT2D eigenvalue weighted by Gasteiger charge is 2.24. The minimum Gasteiger partial charge on any atom is -0.321 e. The normalized spacial score (nSPS) is 24.5. The molecule has 5 nitrogen and oxygen atoms in total. The largest absolute Gasteiger partial charge is 0.321 e. The van der Waals surface area contributed by atoms with E-state index >= 15 is 0 Å². The lowest BCUT2D eigenvalue weighted by Crippen LogP contribution is -2.39. The molecule has 1 aliphatic carbocycles. The molecule has 0 aliphatic heterocycles. The van der Waals surface area contributed by atoms with Crippen LogP contribution in [0.2, 0.25) is 0 Å². The molecule has 2 unspecified atom stereocenters. The number of hydrogen-bond acceptors (Lipinski definition) is 4. The van der Waals surface area contributed by atoms with Crippen molar-refractivity contribution >= 4 is 0 Å². The summed E-state index contributed by atoms with van der Waals surface area (Å²) in [6.45, 7) is 0.870. The third kappa shape index (κ3) is 3.04. The molecule has 92 valence electrons. The molecule has 0 amide bonds. The van der Waals surface area contributed by atoms with E-state index in [1.165, 1.54) is 12.8 Å². The highest BCUT2D eigenvalue weighted by Crippen LogP contribution is 2.23. The molecule has 17 heavy (non-hydrogen) atoms. The number of rotatable bonds is 4. The summed E-state index contributed by atoms with van der Waals surface area (Å²) in [5.74, 6) is 1.17. The van der Waals surface area contributed by atoms with Crippen molar-refractivity contribution in [1.82, 2.24) is 20.1 Å². The fourth-order valence-corrected chi connectivity index (χ4v) is 2.43. The molecule has 0 bridgehead atoms. The van der Waals surface area contributed by atoms with Gasteiger partial charge in [0.05, 0.1) is 12.0 Å². The molecule has 1 fully saturated rings. The van der Waals surface area contributed by atoms with Crippen LogP contribution in [0, 0.1) is 17.2 Å². The van der Waals surface area contributed by atoms with E-state index in [0.717, 1.165) is 31.6 Å². The molecule has 1 aromatic heterocycles. The van der Waals surface area contributed by atoms with E-state index in [9.17, 15) is 0 Å². The standard InChI is InChI=1S/C12H19N5/c1-17-9-15-16-12(17)6-7-14-11-5-3-2-4-10(11)8-13/h9-11,14H,2-7H2,1H3. The second-order valence-electron chi connectivity index (χ2n) is 4.69. The summed E-state index contributed by atoms with van der Waals surface area (Å²) in [6, 6.07) is 2.78. The van der Waals surface area contributed by atoms with Gasteiger partial charge in [-0.05, 0) is 12.8 Å². The van der Waals surface area contributed by atoms with Gasteiger partial charge in [-0.25, -0.2) is 0 Å². The molecule has 1 aromatic rings. The van der Waals surface area contributed by atoms with Gasteiger partial charge in [0.2, 0.25) is 0 Å². The quantitative estimate of drug-likeness (QED) is 0.843. The summed E-state index contributed by atoms with van der Waals surface area (Å²) in [4.78, 5) is 0. The topological polar surface area (TPSA) is 66.5 Å². The molecule has 1 heterocycles. The van der Waals surface area contributed by atoms with Gasteiger partial charge in [0.15, 0.2) is 0 Å². The number of nitrogens with one attached hydrogen (secondary N) is 1. The Balaban J connectivity index is 1.78. The lowest BCUT2D eigenvalue weighted by atomic mass is 9.85. The summed E-state index contributed by atoms with van der Waals surface area (Å²) < 4.78 is 1.93. The predicted molar refractivity (Wildman–Crippen MR) is 64.1 cm³/mol. The van der Waals surface area contributed by atoms with Crippen molar-refractivity contribution < 1.29 is 0 Å². The SMILES string of the molecule is Cn1cnnc1CCNC1CCCCC1C#N. The van der Waals surface area contributed by atoms with Gasteiger partial charge in [-0.15, -0.1) is 10.2 Å². The van der Waals surface area contributed by atoms with Gasteiger partial charge in [0.1, 0.15) is 12.2 Å². The van der Waals surface area contributed by atoms with Crippen LogP contribution in [0.25, 0.3) is 0 Å². The molecule has 2 rings (SSSR count). The van der Waals surface area contributed by atoms with E-state index in [-0.39, 0.29) is 5.92 Å². The van der Waals surface area contributed by atoms with Gasteiger partial charge in [0.25, 0.3) is 0 Å². The third-order valence-electron chi connectivity index (χ3n) is 3.49. The summed E-state index contributed by atoms with van der Waals surface area (Å²) >= 11 is 0. The van der Waals surface area contributed by atoms with Crippen LogP contribution < -0.4 is 5.32 Å². The maximum Gasteiger partial charge on any atom is 0.133 e. The van der Waals surface area contributed by atoms with Crippen molar-refractivity contribution in [2.24, 2.45) is 13.0 Å². The van der Waals surface area contributed by atoms with Crippen molar-refractivity contribution in [2.75, 3.05) is 6.54 Å². The average Bonchev–Trinajstić information content (AvgIpc) is 2.76. The lowest BCUT2D eigenvalue weighted by molar-refractivity contribution is 0.313. The second-order valence-corrected chi connectivity index (χ2v) is 4.69. The molecule has 0 radical (unpaired) electrons. The molecular formula is C12H19N5. The van der Waals surface area contributed by atoms with Crippen LogP contribution in [0.5, 0.6) is 0 Å². The first-order valence-electron chi connectivity index (χ1n) is 6.27. The van der Waals surface area contributed by atoms with Crippen molar-refractivity contribution in [3.05, 3.63) is 12.2 Å². The van der Waals surface area contributed by atoms with E-state index in [1.54, 1.807) is 6.33 Å². The molecule has 2 atom stereocenters. The van der Waals surface area contributed by atoms with E-state index in [2.05, 4.69) is 21.6 Å². The molecule has 5 heteroatoms. The van der Waals surface area contributed by atoms with Crippen LogP contribution in [-0.2, 0) is 13.5 Å². The Morgan fingerprint density at radius 3 is 3.06 bits per heavy atom. The molecule has 0 spiro atoms. The maximum absolute atomic E-state index is 9.07. The van der Waals surface area contributed by atoms with Crippen molar-refractivity contribution in [2.45, 2.75) is 38.1 Å². The zero-order chi connectivity index (χ0) is 12.1. The van der Waals surface area contributed by atoms with Gasteiger partial charge >= 0.3 is 0 Å². The summed E-state index contributed by atoms with van der Waals surface area (Å²) in [5, 5.41) is 20.5. The average molecular weight is 233 g/mol. The zero-order valence-electron chi connectivity index (χ0n) is 10.3. The maximum atomic E-state index is 9.07. The van der Waals surface area contributed by atoms with Crippen LogP contribution in [0.15, 0.2) is 6.33 Å². The first-order valence-corrected chi connectivity index (χ1v) is 6.27. The number of aryl methyl sites for hydroxylation is 1. The minimum absolute atomic E-state index is 0.184. The van der Waals surface area contributed by atoms with Crippen LogP contribution in [-0.4, -0.2) is 27.4 Å². The van der Waals surface area contributed by atoms with E-state index in [0.29, 0.717) is 6.04 Å². The first-order chi connectivity index (χ1) is 8.31. The Kier molecular flexibility index (Phi) is 4.10. The number of hydrogen-bond donors (Lipinski definition) is 1. The van der Waals surface area contributed by atoms with Crippen LogP contribution in [0.3, 0.4) is 0 Å². The monoisotopic (exact) mass is 233 g/mol. The van der Waals surface area contributed by atoms with Gasteiger partial charge in [-0.1, -0.05) is 12.8 Å². The van der Waals surface area contributed by atoms with E-state index in [4.69, 9.17) is 5.26 Å². The van der Waals surface area contributed by atoms with Crippen molar-refractivity contribution in [1.29, 1.82) is 5.26 Å². The molecular weight excluding hydrogens is 214 g/mol. The Labute approximate surface area is 102 Å². The minimum atomic E-state index is 0.184. The predicted octanol–water partition coefficient (Wildman–Crippen LogP) is 1.03. The first kappa shape index (κ1) is 12.1. The van der Waals surface area contributed by atoms with Gasteiger partial charge in [0, 0.05) is 26.1 Å². The Hall–Kier alpha value is -1.41. The third-order valence-corrected chi connectivity index (χ3v) is 3.49. The Bertz CT molecular complexity index is 392. The highest BCUT2D eigenvalue weighted by molar-refractivity contribution is 4.95. The Morgan fingerprint density at radius 1 is 1.53 bits per heavy atom. The van der Waals surface area contributed by atoms with Gasteiger partial charge in [-0.2, -0.15) is 5.26 Å². The summed E-state index contributed by atoms with van der Waals surface area (Å²) in [5.41, 5.74) is 0. The van der Waals surface area contributed by atoms with E-state index in [1.807, 2.05) is 11.6 Å². The van der Waals surface area contributed by atoms with Crippen LogP contribution >= 0.6 is 0 Å². The number of nitrogens with zero attached hydrogens (tertiary/aromatic N) is 4. The highest BCUT2D eigenvalue weighted by atomic mass is 15.2. The number of nitriles is 1. The second kappa shape index (κ2) is 5.78. The van der Waals surface area contributed by atoms with Gasteiger partial charge in [-0.3, -0.25) is 0 Å². The van der Waals surface area contributed by atoms with Gasteiger partial charge < -0.3 is 9.88 Å². The lowest BCUT2D eigenvalue weighted by Gasteiger charge is -2.27. The molecule has 0 aromatic carbocycles.